The van der Waals surface area contributed by atoms with Gasteiger partial charge in [-0.3, -0.25) is 4.79 Å². The largest absolute Gasteiger partial charge is 0.469 e. The Hall–Kier alpha value is -2.81. The van der Waals surface area contributed by atoms with Crippen LogP contribution in [0.1, 0.15) is 16.1 Å². The van der Waals surface area contributed by atoms with Gasteiger partial charge in [0.25, 0.3) is 5.91 Å². The third-order valence-corrected chi connectivity index (χ3v) is 3.49. The molecule has 0 bridgehead atoms. The van der Waals surface area contributed by atoms with Crippen LogP contribution in [0.2, 0.25) is 0 Å². The lowest BCUT2D eigenvalue weighted by molar-refractivity contribution is 0.0953. The molecule has 3 heteroatoms. The fraction of sp³-hybridized carbons (Fsp3) is 0.105. The van der Waals surface area contributed by atoms with Crippen molar-refractivity contribution in [1.82, 2.24) is 5.32 Å². The zero-order chi connectivity index (χ0) is 15.2. The van der Waals surface area contributed by atoms with Gasteiger partial charge in [0.05, 0.1) is 6.26 Å². The maximum Gasteiger partial charge on any atom is 0.251 e. The lowest BCUT2D eigenvalue weighted by Gasteiger charge is -2.06. The highest BCUT2D eigenvalue weighted by atomic mass is 16.3. The predicted molar refractivity (Wildman–Crippen MR) is 86.6 cm³/mol. The lowest BCUT2D eigenvalue weighted by atomic mass is 10.0. The first-order valence-electron chi connectivity index (χ1n) is 7.29. The van der Waals surface area contributed by atoms with Gasteiger partial charge < -0.3 is 9.73 Å². The molecule has 0 aliphatic carbocycles. The van der Waals surface area contributed by atoms with Gasteiger partial charge in [0, 0.05) is 18.5 Å². The van der Waals surface area contributed by atoms with Crippen molar-refractivity contribution in [2.24, 2.45) is 0 Å². The van der Waals surface area contributed by atoms with E-state index in [1.165, 1.54) is 0 Å². The number of carbonyl (C=O) groups excluding carboxylic acids is 1. The third-order valence-electron chi connectivity index (χ3n) is 3.49. The van der Waals surface area contributed by atoms with E-state index in [4.69, 9.17) is 4.42 Å². The fourth-order valence-corrected chi connectivity index (χ4v) is 2.30. The molecular formula is C19H17NO2. The maximum atomic E-state index is 12.1. The minimum atomic E-state index is -0.0637. The molecule has 0 spiro atoms. The Kier molecular flexibility index (Phi) is 4.35. The molecule has 0 unspecified atom stereocenters. The summed E-state index contributed by atoms with van der Waals surface area (Å²) in [5.41, 5.74) is 2.92. The van der Waals surface area contributed by atoms with Crippen LogP contribution in [0.25, 0.3) is 11.1 Å². The van der Waals surface area contributed by atoms with Crippen LogP contribution >= 0.6 is 0 Å². The van der Waals surface area contributed by atoms with E-state index in [1.807, 2.05) is 54.6 Å². The number of benzene rings is 2. The van der Waals surface area contributed by atoms with E-state index in [9.17, 15) is 4.79 Å². The highest BCUT2D eigenvalue weighted by molar-refractivity contribution is 5.94. The molecule has 1 aromatic heterocycles. The molecule has 0 aliphatic rings. The molecule has 0 radical (unpaired) electrons. The Bertz CT molecular complexity index is 716. The Morgan fingerprint density at radius 3 is 2.27 bits per heavy atom. The van der Waals surface area contributed by atoms with E-state index >= 15 is 0 Å². The summed E-state index contributed by atoms with van der Waals surface area (Å²) in [6, 6.07) is 21.5. The molecule has 1 heterocycles. The summed E-state index contributed by atoms with van der Waals surface area (Å²) >= 11 is 0. The van der Waals surface area contributed by atoms with Crippen LogP contribution in [0, 0.1) is 0 Å². The second-order valence-corrected chi connectivity index (χ2v) is 5.03. The lowest BCUT2D eigenvalue weighted by Crippen LogP contribution is -2.25. The average molecular weight is 291 g/mol. The molecule has 3 nitrogen and oxygen atoms in total. The third kappa shape index (κ3) is 3.44. The standard InChI is InChI=1S/C19H17NO2/c21-19(20-13-12-18-7-4-14-22-18)17-10-8-16(9-11-17)15-5-2-1-3-6-15/h1-11,14H,12-13H2,(H,20,21). The Morgan fingerprint density at radius 1 is 0.864 bits per heavy atom. The van der Waals surface area contributed by atoms with Crippen molar-refractivity contribution in [3.05, 3.63) is 84.3 Å². The average Bonchev–Trinajstić information content (AvgIpc) is 3.09. The Balaban J connectivity index is 1.59. The minimum Gasteiger partial charge on any atom is -0.469 e. The quantitative estimate of drug-likeness (QED) is 0.774. The highest BCUT2D eigenvalue weighted by Gasteiger charge is 2.06. The second kappa shape index (κ2) is 6.76. The van der Waals surface area contributed by atoms with Crippen LogP contribution in [0.5, 0.6) is 0 Å². The monoisotopic (exact) mass is 291 g/mol. The topological polar surface area (TPSA) is 42.2 Å². The van der Waals surface area contributed by atoms with Gasteiger partial charge in [0.2, 0.25) is 0 Å². The van der Waals surface area contributed by atoms with Crippen molar-refractivity contribution < 1.29 is 9.21 Å². The molecule has 22 heavy (non-hydrogen) atoms. The van der Waals surface area contributed by atoms with E-state index < -0.39 is 0 Å². The van der Waals surface area contributed by atoms with Crippen molar-refractivity contribution in [2.75, 3.05) is 6.54 Å². The van der Waals surface area contributed by atoms with Crippen LogP contribution in [0.3, 0.4) is 0 Å². The number of furan rings is 1. The SMILES string of the molecule is O=C(NCCc1ccco1)c1ccc(-c2ccccc2)cc1. The molecule has 0 aliphatic heterocycles. The number of nitrogens with one attached hydrogen (secondary N) is 1. The number of amides is 1. The first-order valence-corrected chi connectivity index (χ1v) is 7.29. The summed E-state index contributed by atoms with van der Waals surface area (Å²) in [4.78, 5) is 12.1. The molecule has 1 amide bonds. The van der Waals surface area contributed by atoms with Gasteiger partial charge in [0.1, 0.15) is 5.76 Å². The van der Waals surface area contributed by atoms with Crippen LogP contribution < -0.4 is 5.32 Å². The molecule has 0 fully saturated rings. The zero-order valence-corrected chi connectivity index (χ0v) is 12.2. The summed E-state index contributed by atoms with van der Waals surface area (Å²) in [6.07, 6.45) is 2.33. The van der Waals surface area contributed by atoms with E-state index in [2.05, 4.69) is 17.4 Å². The van der Waals surface area contributed by atoms with Gasteiger partial charge in [-0.15, -0.1) is 0 Å². The van der Waals surface area contributed by atoms with Gasteiger partial charge >= 0.3 is 0 Å². The maximum absolute atomic E-state index is 12.1. The second-order valence-electron chi connectivity index (χ2n) is 5.03. The van der Waals surface area contributed by atoms with Crippen LogP contribution in [0.15, 0.2) is 77.4 Å². The normalized spacial score (nSPS) is 10.4. The molecule has 0 saturated carbocycles. The van der Waals surface area contributed by atoms with E-state index in [0.717, 1.165) is 16.9 Å². The van der Waals surface area contributed by atoms with E-state index in [1.54, 1.807) is 6.26 Å². The number of hydrogen-bond donors (Lipinski definition) is 1. The van der Waals surface area contributed by atoms with Crippen molar-refractivity contribution in [3.8, 4) is 11.1 Å². The molecule has 3 aromatic rings. The first-order chi connectivity index (χ1) is 10.8. The van der Waals surface area contributed by atoms with Crippen molar-refractivity contribution in [3.63, 3.8) is 0 Å². The number of carbonyl (C=O) groups is 1. The molecular weight excluding hydrogens is 274 g/mol. The predicted octanol–water partition coefficient (Wildman–Crippen LogP) is 3.92. The van der Waals surface area contributed by atoms with Crippen molar-refractivity contribution >= 4 is 5.91 Å². The van der Waals surface area contributed by atoms with Crippen LogP contribution in [-0.4, -0.2) is 12.5 Å². The molecule has 1 N–H and O–H groups in total. The fourth-order valence-electron chi connectivity index (χ4n) is 2.30. The summed E-state index contributed by atoms with van der Waals surface area (Å²) in [5.74, 6) is 0.811. The van der Waals surface area contributed by atoms with Gasteiger partial charge in [-0.25, -0.2) is 0 Å². The van der Waals surface area contributed by atoms with E-state index in [0.29, 0.717) is 18.5 Å². The van der Waals surface area contributed by atoms with Crippen LogP contribution in [-0.2, 0) is 6.42 Å². The molecule has 0 atom stereocenters. The molecule has 110 valence electrons. The summed E-state index contributed by atoms with van der Waals surface area (Å²) in [6.45, 7) is 0.562. The summed E-state index contributed by atoms with van der Waals surface area (Å²) in [7, 11) is 0. The Labute approximate surface area is 129 Å². The van der Waals surface area contributed by atoms with Gasteiger partial charge in [-0.1, -0.05) is 42.5 Å². The highest BCUT2D eigenvalue weighted by Crippen LogP contribution is 2.19. The first kappa shape index (κ1) is 14.1. The molecule has 2 aromatic carbocycles. The number of rotatable bonds is 5. The van der Waals surface area contributed by atoms with Gasteiger partial charge in [0.15, 0.2) is 0 Å². The van der Waals surface area contributed by atoms with Crippen molar-refractivity contribution in [1.29, 1.82) is 0 Å². The molecule has 0 saturated heterocycles. The number of hydrogen-bond acceptors (Lipinski definition) is 2. The molecule has 3 rings (SSSR count). The minimum absolute atomic E-state index is 0.0637. The van der Waals surface area contributed by atoms with Crippen LogP contribution in [0.4, 0.5) is 0 Å². The Morgan fingerprint density at radius 2 is 1.59 bits per heavy atom. The van der Waals surface area contributed by atoms with E-state index in [-0.39, 0.29) is 5.91 Å². The van der Waals surface area contributed by atoms with Gasteiger partial charge in [-0.05, 0) is 35.4 Å². The smallest absolute Gasteiger partial charge is 0.251 e. The zero-order valence-electron chi connectivity index (χ0n) is 12.2. The summed E-state index contributed by atoms with van der Waals surface area (Å²) < 4.78 is 5.23. The van der Waals surface area contributed by atoms with Crippen molar-refractivity contribution in [2.45, 2.75) is 6.42 Å². The summed E-state index contributed by atoms with van der Waals surface area (Å²) in [5, 5.41) is 2.90. The van der Waals surface area contributed by atoms with Gasteiger partial charge in [-0.2, -0.15) is 0 Å².